The van der Waals surface area contributed by atoms with Crippen LogP contribution < -0.4 is 5.32 Å². The number of aliphatic hydroxyl groups is 1. The summed E-state index contributed by atoms with van der Waals surface area (Å²) in [5.74, 6) is 0. The smallest absolute Gasteiger partial charge is 0.0646 e. The first-order valence-electron chi connectivity index (χ1n) is 6.19. The minimum absolute atomic E-state index is 0.374. The lowest BCUT2D eigenvalue weighted by atomic mass is 9.80. The van der Waals surface area contributed by atoms with Crippen molar-refractivity contribution in [2.45, 2.75) is 57.2 Å². The molecule has 0 unspecified atom stereocenters. The molecule has 2 N–H and O–H groups in total. The molecule has 1 heterocycles. The molecule has 0 aromatic carbocycles. The molecule has 2 nitrogen and oxygen atoms in total. The maximum atomic E-state index is 10.1. The molecule has 1 aliphatic carbocycles. The highest BCUT2D eigenvalue weighted by molar-refractivity contribution is 7.07. The molecule has 16 heavy (non-hydrogen) atoms. The molecular formula is C13H21NOS. The van der Waals surface area contributed by atoms with E-state index < -0.39 is 0 Å². The Hall–Kier alpha value is -0.380. The van der Waals surface area contributed by atoms with E-state index in [1.807, 2.05) is 0 Å². The predicted octanol–water partition coefficient (Wildman–Crippen LogP) is 2.92. The molecule has 1 saturated carbocycles. The zero-order chi connectivity index (χ0) is 11.4. The lowest BCUT2D eigenvalue weighted by molar-refractivity contribution is -0.00691. The van der Waals surface area contributed by atoms with Gasteiger partial charge in [-0.05, 0) is 54.5 Å². The van der Waals surface area contributed by atoms with Gasteiger partial charge in [0.05, 0.1) is 5.60 Å². The van der Waals surface area contributed by atoms with E-state index in [2.05, 4.69) is 29.1 Å². The van der Waals surface area contributed by atoms with E-state index in [9.17, 15) is 5.11 Å². The third-order valence-electron chi connectivity index (χ3n) is 3.75. The second-order valence-corrected chi connectivity index (χ2v) is 5.64. The van der Waals surface area contributed by atoms with E-state index in [4.69, 9.17) is 0 Å². The van der Waals surface area contributed by atoms with Crippen LogP contribution in [0.2, 0.25) is 0 Å². The van der Waals surface area contributed by atoms with Crippen molar-refractivity contribution in [3.8, 4) is 0 Å². The van der Waals surface area contributed by atoms with E-state index in [0.29, 0.717) is 6.04 Å². The fraction of sp³-hybridized carbons (Fsp3) is 0.692. The summed E-state index contributed by atoms with van der Waals surface area (Å²) in [5.41, 5.74) is 1.00. The second kappa shape index (κ2) is 5.30. The van der Waals surface area contributed by atoms with Crippen LogP contribution in [0.25, 0.3) is 0 Å². The molecule has 90 valence electrons. The zero-order valence-electron chi connectivity index (χ0n) is 9.91. The number of hydrogen-bond acceptors (Lipinski definition) is 3. The average Bonchev–Trinajstić information content (AvgIpc) is 2.81. The van der Waals surface area contributed by atoms with E-state index in [1.54, 1.807) is 11.3 Å². The first kappa shape index (κ1) is 12.1. The van der Waals surface area contributed by atoms with Gasteiger partial charge in [0.25, 0.3) is 0 Å². The quantitative estimate of drug-likeness (QED) is 0.846. The van der Waals surface area contributed by atoms with Crippen molar-refractivity contribution in [1.29, 1.82) is 0 Å². The van der Waals surface area contributed by atoms with Gasteiger partial charge in [0.15, 0.2) is 0 Å². The first-order chi connectivity index (χ1) is 7.72. The van der Waals surface area contributed by atoms with Gasteiger partial charge >= 0.3 is 0 Å². The maximum Gasteiger partial charge on any atom is 0.0646 e. The lowest BCUT2D eigenvalue weighted by Crippen LogP contribution is -2.40. The topological polar surface area (TPSA) is 32.3 Å². The largest absolute Gasteiger partial charge is 0.390 e. The third kappa shape index (κ3) is 3.06. The molecule has 0 spiro atoms. The van der Waals surface area contributed by atoms with Crippen LogP contribution >= 0.6 is 11.3 Å². The Morgan fingerprint density at radius 3 is 2.81 bits per heavy atom. The fourth-order valence-corrected chi connectivity index (χ4v) is 3.04. The predicted molar refractivity (Wildman–Crippen MR) is 68.7 cm³/mol. The van der Waals surface area contributed by atoms with Gasteiger partial charge in [-0.25, -0.2) is 0 Å². The van der Waals surface area contributed by atoms with Gasteiger partial charge in [-0.3, -0.25) is 0 Å². The van der Waals surface area contributed by atoms with E-state index >= 15 is 0 Å². The summed E-state index contributed by atoms with van der Waals surface area (Å²) in [6.07, 6.45) is 5.00. The maximum absolute atomic E-state index is 10.1. The number of thiophene rings is 1. The number of hydrogen-bond donors (Lipinski definition) is 2. The third-order valence-corrected chi connectivity index (χ3v) is 4.48. The van der Waals surface area contributed by atoms with Crippen LogP contribution in [0.4, 0.5) is 0 Å². The van der Waals surface area contributed by atoms with E-state index in [0.717, 1.165) is 38.6 Å². The van der Waals surface area contributed by atoms with Crippen molar-refractivity contribution in [3.05, 3.63) is 22.4 Å². The molecule has 1 fully saturated rings. The first-order valence-corrected chi connectivity index (χ1v) is 7.13. The summed E-state index contributed by atoms with van der Waals surface area (Å²) < 4.78 is 0. The molecule has 0 bridgehead atoms. The molecule has 0 saturated heterocycles. The summed E-state index contributed by atoms with van der Waals surface area (Å²) in [6, 6.07) is 2.76. The van der Waals surface area contributed by atoms with Gasteiger partial charge in [0.1, 0.15) is 0 Å². The SMILES string of the molecule is CCC1(O)CCC(NCc2ccsc2)CC1. The second-order valence-electron chi connectivity index (χ2n) is 4.86. The zero-order valence-corrected chi connectivity index (χ0v) is 10.7. The normalized spacial score (nSPS) is 30.5. The summed E-state index contributed by atoms with van der Waals surface area (Å²) in [6.45, 7) is 3.05. The van der Waals surface area contributed by atoms with Crippen LogP contribution in [-0.4, -0.2) is 16.7 Å². The standard InChI is InChI=1S/C13H21NOS/c1-2-13(15)6-3-12(4-7-13)14-9-11-5-8-16-10-11/h5,8,10,12,14-15H,2-4,6-7,9H2,1H3. The van der Waals surface area contributed by atoms with Gasteiger partial charge in [-0.15, -0.1) is 0 Å². The van der Waals surface area contributed by atoms with Crippen LogP contribution in [0, 0.1) is 0 Å². The fourth-order valence-electron chi connectivity index (χ4n) is 2.37. The Bertz CT molecular complexity index is 302. The molecule has 0 atom stereocenters. The van der Waals surface area contributed by atoms with Crippen LogP contribution in [0.3, 0.4) is 0 Å². The molecule has 1 aliphatic rings. The number of nitrogens with one attached hydrogen (secondary N) is 1. The van der Waals surface area contributed by atoms with Gasteiger partial charge in [-0.2, -0.15) is 11.3 Å². The van der Waals surface area contributed by atoms with Crippen molar-refractivity contribution in [2.75, 3.05) is 0 Å². The minimum Gasteiger partial charge on any atom is -0.390 e. The summed E-state index contributed by atoms with van der Waals surface area (Å²) in [5, 5.41) is 18.0. The monoisotopic (exact) mass is 239 g/mol. The molecule has 2 rings (SSSR count). The highest BCUT2D eigenvalue weighted by Gasteiger charge is 2.30. The Balaban J connectivity index is 1.73. The van der Waals surface area contributed by atoms with Crippen LogP contribution in [0.5, 0.6) is 0 Å². The summed E-state index contributed by atoms with van der Waals surface area (Å²) in [7, 11) is 0. The highest BCUT2D eigenvalue weighted by Crippen LogP contribution is 2.30. The lowest BCUT2D eigenvalue weighted by Gasteiger charge is -2.35. The van der Waals surface area contributed by atoms with E-state index in [1.165, 1.54) is 5.56 Å². The van der Waals surface area contributed by atoms with Crippen LogP contribution in [0.1, 0.15) is 44.6 Å². The Morgan fingerprint density at radius 2 is 2.25 bits per heavy atom. The Labute approximate surface area is 102 Å². The van der Waals surface area contributed by atoms with Crippen molar-refractivity contribution < 1.29 is 5.11 Å². The van der Waals surface area contributed by atoms with Crippen molar-refractivity contribution in [1.82, 2.24) is 5.32 Å². The van der Waals surface area contributed by atoms with Crippen LogP contribution in [0.15, 0.2) is 16.8 Å². The molecule has 3 heteroatoms. The minimum atomic E-state index is -0.374. The van der Waals surface area contributed by atoms with Crippen LogP contribution in [-0.2, 0) is 6.54 Å². The Morgan fingerprint density at radius 1 is 1.50 bits per heavy atom. The van der Waals surface area contributed by atoms with Crippen molar-refractivity contribution in [2.24, 2.45) is 0 Å². The average molecular weight is 239 g/mol. The molecule has 0 amide bonds. The van der Waals surface area contributed by atoms with Gasteiger partial charge < -0.3 is 10.4 Å². The van der Waals surface area contributed by atoms with Gasteiger partial charge in [0.2, 0.25) is 0 Å². The molecular weight excluding hydrogens is 218 g/mol. The van der Waals surface area contributed by atoms with Gasteiger partial charge in [0, 0.05) is 12.6 Å². The summed E-state index contributed by atoms with van der Waals surface area (Å²) in [4.78, 5) is 0. The summed E-state index contributed by atoms with van der Waals surface area (Å²) >= 11 is 1.75. The van der Waals surface area contributed by atoms with Gasteiger partial charge in [-0.1, -0.05) is 6.92 Å². The molecule has 0 radical (unpaired) electrons. The molecule has 1 aromatic heterocycles. The van der Waals surface area contributed by atoms with Crippen molar-refractivity contribution >= 4 is 11.3 Å². The number of rotatable bonds is 4. The van der Waals surface area contributed by atoms with E-state index in [-0.39, 0.29) is 5.60 Å². The molecule has 1 aromatic rings. The Kier molecular flexibility index (Phi) is 4.00. The highest BCUT2D eigenvalue weighted by atomic mass is 32.1. The van der Waals surface area contributed by atoms with Crippen molar-refractivity contribution in [3.63, 3.8) is 0 Å². The molecule has 0 aliphatic heterocycles.